The molecule has 0 aliphatic carbocycles. The van der Waals surface area contributed by atoms with E-state index < -0.39 is 0 Å². The van der Waals surface area contributed by atoms with Crippen LogP contribution >= 0.6 is 23.4 Å². The van der Waals surface area contributed by atoms with E-state index in [0.717, 1.165) is 16.5 Å². The summed E-state index contributed by atoms with van der Waals surface area (Å²) in [7, 11) is 0. The van der Waals surface area contributed by atoms with Gasteiger partial charge in [0.1, 0.15) is 0 Å². The van der Waals surface area contributed by atoms with Crippen LogP contribution in [0, 0.1) is 11.3 Å². The van der Waals surface area contributed by atoms with Gasteiger partial charge in [-0.2, -0.15) is 5.26 Å². The van der Waals surface area contributed by atoms with Crippen molar-refractivity contribution < 1.29 is 0 Å². The Morgan fingerprint density at radius 2 is 2.38 bits per heavy atom. The molecule has 0 atom stereocenters. The average Bonchev–Trinajstić information content (AvgIpc) is 2.80. The SMILES string of the molecule is N#Cc1ccc(CSc2ncc[nH]2)c(Cl)c1. The molecule has 2 rings (SSSR count). The summed E-state index contributed by atoms with van der Waals surface area (Å²) in [6.45, 7) is 0. The molecule has 16 heavy (non-hydrogen) atoms. The summed E-state index contributed by atoms with van der Waals surface area (Å²) < 4.78 is 0. The smallest absolute Gasteiger partial charge is 0.165 e. The average molecular weight is 250 g/mol. The molecule has 0 unspecified atom stereocenters. The van der Waals surface area contributed by atoms with E-state index in [1.807, 2.05) is 6.07 Å². The van der Waals surface area contributed by atoms with Crippen molar-refractivity contribution >= 4 is 23.4 Å². The number of halogens is 1. The van der Waals surface area contributed by atoms with E-state index in [4.69, 9.17) is 16.9 Å². The normalized spacial score (nSPS) is 10.0. The number of benzene rings is 1. The molecule has 1 aromatic carbocycles. The molecule has 1 aromatic heterocycles. The Hall–Kier alpha value is -1.44. The number of nitrogens with zero attached hydrogens (tertiary/aromatic N) is 2. The van der Waals surface area contributed by atoms with Crippen LogP contribution in [-0.2, 0) is 5.75 Å². The standard InChI is InChI=1S/C11H8ClN3S/c12-10-5-8(6-13)1-2-9(10)7-16-11-14-3-4-15-11/h1-5H,7H2,(H,14,15). The summed E-state index contributed by atoms with van der Waals surface area (Å²) in [4.78, 5) is 7.11. The van der Waals surface area contributed by atoms with Gasteiger partial charge in [0.2, 0.25) is 0 Å². The molecule has 5 heteroatoms. The van der Waals surface area contributed by atoms with Gasteiger partial charge in [-0.05, 0) is 17.7 Å². The highest BCUT2D eigenvalue weighted by Crippen LogP contribution is 2.25. The van der Waals surface area contributed by atoms with Crippen molar-refractivity contribution in [2.24, 2.45) is 0 Å². The van der Waals surface area contributed by atoms with E-state index in [0.29, 0.717) is 10.6 Å². The van der Waals surface area contributed by atoms with Crippen LogP contribution in [0.3, 0.4) is 0 Å². The predicted octanol–water partition coefficient (Wildman–Crippen LogP) is 3.23. The molecule has 2 aromatic rings. The number of rotatable bonds is 3. The molecule has 80 valence electrons. The minimum Gasteiger partial charge on any atom is -0.340 e. The van der Waals surface area contributed by atoms with Crippen molar-refractivity contribution in [3.05, 3.63) is 46.7 Å². The van der Waals surface area contributed by atoms with Gasteiger partial charge in [-0.25, -0.2) is 4.98 Å². The number of imidazole rings is 1. The number of nitrogens with one attached hydrogen (secondary N) is 1. The van der Waals surface area contributed by atoms with E-state index in [1.54, 1.807) is 36.3 Å². The molecule has 0 aliphatic heterocycles. The molecule has 1 N–H and O–H groups in total. The third-order valence-corrected chi connectivity index (χ3v) is 3.32. The number of H-pyrrole nitrogens is 1. The molecule has 0 fully saturated rings. The first-order valence-electron chi connectivity index (χ1n) is 4.60. The minimum absolute atomic E-state index is 0.580. The fraction of sp³-hybridized carbons (Fsp3) is 0.0909. The number of aromatic nitrogens is 2. The Morgan fingerprint density at radius 3 is 3.00 bits per heavy atom. The highest BCUT2D eigenvalue weighted by Gasteiger charge is 2.03. The maximum atomic E-state index is 8.70. The number of hydrogen-bond donors (Lipinski definition) is 1. The molecule has 0 spiro atoms. The molecule has 0 aliphatic rings. The van der Waals surface area contributed by atoms with Gasteiger partial charge < -0.3 is 4.98 Å². The second kappa shape index (κ2) is 5.06. The van der Waals surface area contributed by atoms with E-state index in [-0.39, 0.29) is 0 Å². The largest absolute Gasteiger partial charge is 0.340 e. The van der Waals surface area contributed by atoms with Crippen molar-refractivity contribution in [1.82, 2.24) is 9.97 Å². The summed E-state index contributed by atoms with van der Waals surface area (Å²) in [5.74, 6) is 0.734. The van der Waals surface area contributed by atoms with Crippen LogP contribution in [0.1, 0.15) is 11.1 Å². The van der Waals surface area contributed by atoms with Gasteiger partial charge in [-0.1, -0.05) is 29.4 Å². The van der Waals surface area contributed by atoms with E-state index in [1.165, 1.54) is 0 Å². The fourth-order valence-corrected chi connectivity index (χ4v) is 2.37. The lowest BCUT2D eigenvalue weighted by Gasteiger charge is -2.02. The van der Waals surface area contributed by atoms with Crippen LogP contribution in [0.25, 0.3) is 0 Å². The second-order valence-corrected chi connectivity index (χ2v) is 4.47. The van der Waals surface area contributed by atoms with Gasteiger partial charge >= 0.3 is 0 Å². The number of hydrogen-bond acceptors (Lipinski definition) is 3. The van der Waals surface area contributed by atoms with E-state index in [9.17, 15) is 0 Å². The Balaban J connectivity index is 2.08. The number of aromatic amines is 1. The lowest BCUT2D eigenvalue weighted by Crippen LogP contribution is -1.85. The van der Waals surface area contributed by atoms with Crippen LogP contribution in [-0.4, -0.2) is 9.97 Å². The fourth-order valence-electron chi connectivity index (χ4n) is 1.21. The second-order valence-electron chi connectivity index (χ2n) is 3.10. The van der Waals surface area contributed by atoms with Gasteiger partial charge in [-0.3, -0.25) is 0 Å². The molecular weight excluding hydrogens is 242 g/mol. The lowest BCUT2D eigenvalue weighted by molar-refractivity contribution is 1.06. The zero-order valence-electron chi connectivity index (χ0n) is 8.27. The molecule has 0 radical (unpaired) electrons. The molecule has 1 heterocycles. The molecular formula is C11H8ClN3S. The predicted molar refractivity (Wildman–Crippen MR) is 64.3 cm³/mol. The van der Waals surface area contributed by atoms with Crippen molar-refractivity contribution in [3.63, 3.8) is 0 Å². The first-order valence-corrected chi connectivity index (χ1v) is 5.96. The quantitative estimate of drug-likeness (QED) is 0.850. The molecule has 3 nitrogen and oxygen atoms in total. The van der Waals surface area contributed by atoms with E-state index in [2.05, 4.69) is 16.0 Å². The van der Waals surface area contributed by atoms with Crippen LogP contribution < -0.4 is 0 Å². The Morgan fingerprint density at radius 1 is 1.50 bits per heavy atom. The van der Waals surface area contributed by atoms with Crippen LogP contribution in [0.5, 0.6) is 0 Å². The van der Waals surface area contributed by atoms with Crippen molar-refractivity contribution in [2.75, 3.05) is 0 Å². The molecule has 0 bridgehead atoms. The van der Waals surface area contributed by atoms with Crippen LogP contribution in [0.15, 0.2) is 35.7 Å². The van der Waals surface area contributed by atoms with Gasteiger partial charge in [0.15, 0.2) is 5.16 Å². The molecule has 0 amide bonds. The lowest BCUT2D eigenvalue weighted by atomic mass is 10.2. The summed E-state index contributed by atoms with van der Waals surface area (Å²) in [5, 5.41) is 10.2. The van der Waals surface area contributed by atoms with Gasteiger partial charge in [-0.15, -0.1) is 0 Å². The van der Waals surface area contributed by atoms with Gasteiger partial charge in [0.25, 0.3) is 0 Å². The third-order valence-electron chi connectivity index (χ3n) is 2.02. The maximum absolute atomic E-state index is 8.70. The number of nitriles is 1. The first-order chi connectivity index (χ1) is 7.79. The highest BCUT2D eigenvalue weighted by atomic mass is 35.5. The number of thioether (sulfide) groups is 1. The van der Waals surface area contributed by atoms with Crippen molar-refractivity contribution in [2.45, 2.75) is 10.9 Å². The summed E-state index contributed by atoms with van der Waals surface area (Å²) >= 11 is 7.63. The summed E-state index contributed by atoms with van der Waals surface area (Å²) in [5.41, 5.74) is 1.58. The Labute approximate surface area is 102 Å². The molecule has 0 saturated carbocycles. The topological polar surface area (TPSA) is 52.5 Å². The van der Waals surface area contributed by atoms with Crippen molar-refractivity contribution in [1.29, 1.82) is 5.26 Å². The van der Waals surface area contributed by atoms with Crippen molar-refractivity contribution in [3.8, 4) is 6.07 Å². The monoisotopic (exact) mass is 249 g/mol. The van der Waals surface area contributed by atoms with Gasteiger partial charge in [0, 0.05) is 23.2 Å². The minimum atomic E-state index is 0.580. The Kier molecular flexibility index (Phi) is 3.50. The Bertz CT molecular complexity index is 517. The first kappa shape index (κ1) is 11.1. The van der Waals surface area contributed by atoms with Crippen LogP contribution in [0.2, 0.25) is 5.02 Å². The third kappa shape index (κ3) is 2.57. The van der Waals surface area contributed by atoms with E-state index >= 15 is 0 Å². The molecule has 0 saturated heterocycles. The zero-order chi connectivity index (χ0) is 11.4. The highest BCUT2D eigenvalue weighted by molar-refractivity contribution is 7.98. The summed E-state index contributed by atoms with van der Waals surface area (Å²) in [6.07, 6.45) is 3.49. The van der Waals surface area contributed by atoms with Crippen LogP contribution in [0.4, 0.5) is 0 Å². The van der Waals surface area contributed by atoms with Gasteiger partial charge in [0.05, 0.1) is 11.6 Å². The zero-order valence-corrected chi connectivity index (χ0v) is 9.85. The maximum Gasteiger partial charge on any atom is 0.165 e. The summed E-state index contributed by atoms with van der Waals surface area (Å²) in [6, 6.07) is 7.37.